The molecule has 2 aliphatic heterocycles. The molecule has 1 aromatic rings. The Bertz CT molecular complexity index is 726. The molecule has 0 aromatic heterocycles. The summed E-state index contributed by atoms with van der Waals surface area (Å²) in [5.74, 6) is -0.00511. The first kappa shape index (κ1) is 18.4. The first-order valence-electron chi connectivity index (χ1n) is 8.73. The van der Waals surface area contributed by atoms with Gasteiger partial charge in [-0.3, -0.25) is 4.79 Å². The number of fused-ring (bicyclic) bond motifs is 1. The molecule has 2 heterocycles. The maximum Gasteiger partial charge on any atom is 0.225 e. The monoisotopic (exact) mass is 366 g/mol. The molecule has 0 bridgehead atoms. The summed E-state index contributed by atoms with van der Waals surface area (Å²) >= 11 is 0. The van der Waals surface area contributed by atoms with Crippen molar-refractivity contribution in [3.8, 4) is 0 Å². The molecule has 1 aromatic carbocycles. The molecule has 1 unspecified atom stereocenters. The highest BCUT2D eigenvalue weighted by atomic mass is 32.2. The van der Waals surface area contributed by atoms with E-state index in [1.54, 1.807) is 4.90 Å². The average Bonchev–Trinajstić information content (AvgIpc) is 2.60. The van der Waals surface area contributed by atoms with Gasteiger partial charge in [0.25, 0.3) is 0 Å². The molecule has 6 nitrogen and oxygen atoms in total. The Morgan fingerprint density at radius 3 is 2.52 bits per heavy atom. The van der Waals surface area contributed by atoms with E-state index >= 15 is 0 Å². The van der Waals surface area contributed by atoms with Crippen LogP contribution in [0.5, 0.6) is 0 Å². The highest BCUT2D eigenvalue weighted by molar-refractivity contribution is 7.88. The van der Waals surface area contributed by atoms with E-state index in [0.717, 1.165) is 6.42 Å². The van der Waals surface area contributed by atoms with Crippen molar-refractivity contribution < 1.29 is 17.9 Å². The molecule has 1 atom stereocenters. The molecule has 1 fully saturated rings. The van der Waals surface area contributed by atoms with Gasteiger partial charge in [-0.1, -0.05) is 24.3 Å². The van der Waals surface area contributed by atoms with Crippen LogP contribution in [0.15, 0.2) is 24.3 Å². The predicted molar refractivity (Wildman–Crippen MR) is 95.5 cm³/mol. The molecular weight excluding hydrogens is 340 g/mol. The molecule has 1 saturated heterocycles. The normalized spacial score (nSPS) is 22.4. The first-order chi connectivity index (χ1) is 11.8. The molecular formula is C18H26N2O4S. The maximum atomic E-state index is 12.7. The van der Waals surface area contributed by atoms with Gasteiger partial charge >= 0.3 is 0 Å². The molecule has 3 rings (SSSR count). The highest BCUT2D eigenvalue weighted by Gasteiger charge is 2.31. The Morgan fingerprint density at radius 2 is 1.88 bits per heavy atom. The quantitative estimate of drug-likeness (QED) is 0.805. The van der Waals surface area contributed by atoms with Crippen LogP contribution in [-0.4, -0.2) is 62.6 Å². The smallest absolute Gasteiger partial charge is 0.225 e. The summed E-state index contributed by atoms with van der Waals surface area (Å²) in [6.45, 7) is 2.02. The number of nitrogens with zero attached hydrogens (tertiary/aromatic N) is 2. The van der Waals surface area contributed by atoms with Crippen LogP contribution in [0.3, 0.4) is 0 Å². The van der Waals surface area contributed by atoms with Gasteiger partial charge in [-0.2, -0.15) is 0 Å². The molecule has 25 heavy (non-hydrogen) atoms. The fraction of sp³-hybridized carbons (Fsp3) is 0.611. The van der Waals surface area contributed by atoms with E-state index in [1.165, 1.54) is 21.7 Å². The molecule has 2 aliphatic rings. The topological polar surface area (TPSA) is 66.9 Å². The number of carbonyl (C=O) groups is 1. The molecule has 138 valence electrons. The number of carbonyl (C=O) groups excluding carboxylic acids is 1. The number of amides is 1. The number of likely N-dealkylation sites (N-methyl/N-ethyl adjacent to an activating group) is 1. The van der Waals surface area contributed by atoms with Crippen molar-refractivity contribution in [2.24, 2.45) is 5.92 Å². The van der Waals surface area contributed by atoms with Crippen LogP contribution in [-0.2, 0) is 32.6 Å². The van der Waals surface area contributed by atoms with Crippen LogP contribution < -0.4 is 0 Å². The molecule has 1 amide bonds. The van der Waals surface area contributed by atoms with E-state index in [-0.39, 0.29) is 17.9 Å². The number of ether oxygens (including phenoxy) is 1. The number of benzene rings is 1. The summed E-state index contributed by atoms with van der Waals surface area (Å²) in [5.41, 5.74) is 2.52. The second-order valence-corrected chi connectivity index (χ2v) is 9.04. The lowest BCUT2D eigenvalue weighted by Gasteiger charge is -2.34. The second-order valence-electron chi connectivity index (χ2n) is 7.06. The van der Waals surface area contributed by atoms with E-state index in [1.807, 2.05) is 19.2 Å². The molecule has 0 aliphatic carbocycles. The van der Waals surface area contributed by atoms with Crippen LogP contribution in [0.1, 0.15) is 24.0 Å². The lowest BCUT2D eigenvalue weighted by molar-refractivity contribution is -0.137. The largest absolute Gasteiger partial charge is 0.371 e. The highest BCUT2D eigenvalue weighted by Crippen LogP contribution is 2.23. The minimum atomic E-state index is -3.16. The van der Waals surface area contributed by atoms with Crippen LogP contribution in [0.4, 0.5) is 0 Å². The van der Waals surface area contributed by atoms with Gasteiger partial charge in [-0.25, -0.2) is 12.7 Å². The summed E-state index contributed by atoms with van der Waals surface area (Å²) in [7, 11) is -1.34. The van der Waals surface area contributed by atoms with E-state index < -0.39 is 10.0 Å². The third kappa shape index (κ3) is 4.40. The number of hydrogen-bond donors (Lipinski definition) is 0. The maximum absolute atomic E-state index is 12.7. The van der Waals surface area contributed by atoms with Gasteiger partial charge in [0, 0.05) is 39.0 Å². The third-order valence-corrected chi connectivity index (χ3v) is 6.47. The van der Waals surface area contributed by atoms with Crippen molar-refractivity contribution >= 4 is 15.9 Å². The summed E-state index contributed by atoms with van der Waals surface area (Å²) in [6, 6.07) is 8.25. The molecule has 0 saturated carbocycles. The molecule has 0 radical (unpaired) electrons. The van der Waals surface area contributed by atoms with Gasteiger partial charge in [-0.15, -0.1) is 0 Å². The fourth-order valence-electron chi connectivity index (χ4n) is 3.67. The second kappa shape index (κ2) is 7.43. The zero-order valence-corrected chi connectivity index (χ0v) is 15.7. The average molecular weight is 366 g/mol. The van der Waals surface area contributed by atoms with Crippen molar-refractivity contribution in [1.82, 2.24) is 9.21 Å². The molecule has 0 N–H and O–H groups in total. The standard InChI is InChI=1S/C18H26N2O4S/c1-19(12-17-11-15-5-3-4-6-16(15)13-24-17)18(21)14-7-9-20(10-8-14)25(2,22)23/h3-6,14,17H,7-13H2,1-2H3. The Labute approximate surface area is 149 Å². The number of rotatable bonds is 4. The summed E-state index contributed by atoms with van der Waals surface area (Å²) in [5, 5.41) is 0. The predicted octanol–water partition coefficient (Wildman–Crippen LogP) is 1.26. The lowest BCUT2D eigenvalue weighted by atomic mass is 9.95. The van der Waals surface area contributed by atoms with Crippen molar-refractivity contribution in [3.63, 3.8) is 0 Å². The van der Waals surface area contributed by atoms with E-state index in [4.69, 9.17) is 4.74 Å². The van der Waals surface area contributed by atoms with Gasteiger partial charge in [0.1, 0.15) is 0 Å². The SMILES string of the molecule is CN(CC1Cc2ccccc2CO1)C(=O)C1CCN(S(C)(=O)=O)CC1. The first-order valence-corrected chi connectivity index (χ1v) is 10.6. The van der Waals surface area contributed by atoms with Crippen LogP contribution >= 0.6 is 0 Å². The van der Waals surface area contributed by atoms with Crippen molar-refractivity contribution in [2.45, 2.75) is 32.0 Å². The third-order valence-electron chi connectivity index (χ3n) is 5.17. The van der Waals surface area contributed by atoms with Crippen LogP contribution in [0.25, 0.3) is 0 Å². The lowest BCUT2D eigenvalue weighted by Crippen LogP contribution is -2.45. The number of piperidine rings is 1. The fourth-order valence-corrected chi connectivity index (χ4v) is 4.54. The Morgan fingerprint density at radius 1 is 1.24 bits per heavy atom. The molecule has 7 heteroatoms. The van der Waals surface area contributed by atoms with Gasteiger partial charge < -0.3 is 9.64 Å². The van der Waals surface area contributed by atoms with Crippen LogP contribution in [0, 0.1) is 5.92 Å². The summed E-state index contributed by atoms with van der Waals surface area (Å²) in [4.78, 5) is 14.4. The Balaban J connectivity index is 1.52. The number of hydrogen-bond acceptors (Lipinski definition) is 4. The van der Waals surface area contributed by atoms with Crippen molar-refractivity contribution in [3.05, 3.63) is 35.4 Å². The van der Waals surface area contributed by atoms with Crippen molar-refractivity contribution in [1.29, 1.82) is 0 Å². The Kier molecular flexibility index (Phi) is 5.46. The van der Waals surface area contributed by atoms with Gasteiger partial charge in [0.2, 0.25) is 15.9 Å². The van der Waals surface area contributed by atoms with E-state index in [0.29, 0.717) is 39.1 Å². The van der Waals surface area contributed by atoms with Crippen molar-refractivity contribution in [2.75, 3.05) is 32.9 Å². The summed E-state index contributed by atoms with van der Waals surface area (Å²) < 4.78 is 30.5. The zero-order chi connectivity index (χ0) is 18.0. The molecule has 0 spiro atoms. The van der Waals surface area contributed by atoms with Gasteiger partial charge in [0.05, 0.1) is 19.0 Å². The minimum absolute atomic E-state index is 0.0139. The van der Waals surface area contributed by atoms with Gasteiger partial charge in [-0.05, 0) is 24.0 Å². The van der Waals surface area contributed by atoms with E-state index in [2.05, 4.69) is 12.1 Å². The van der Waals surface area contributed by atoms with Crippen LogP contribution in [0.2, 0.25) is 0 Å². The number of sulfonamides is 1. The minimum Gasteiger partial charge on any atom is -0.371 e. The Hall–Kier alpha value is -1.44. The van der Waals surface area contributed by atoms with Gasteiger partial charge in [0.15, 0.2) is 0 Å². The summed E-state index contributed by atoms with van der Waals surface area (Å²) in [6.07, 6.45) is 3.23. The zero-order valence-electron chi connectivity index (χ0n) is 14.8. The van der Waals surface area contributed by atoms with E-state index in [9.17, 15) is 13.2 Å².